The predicted molar refractivity (Wildman–Crippen MR) is 105 cm³/mol. The number of nitrogens with zero attached hydrogens (tertiary/aromatic N) is 2. The predicted octanol–water partition coefficient (Wildman–Crippen LogP) is 3.19. The molecule has 2 aromatic carbocycles. The van der Waals surface area contributed by atoms with Crippen LogP contribution in [0, 0.1) is 0 Å². The van der Waals surface area contributed by atoms with E-state index in [0.717, 1.165) is 5.39 Å². The van der Waals surface area contributed by atoms with Crippen LogP contribution in [-0.2, 0) is 11.3 Å². The van der Waals surface area contributed by atoms with Crippen molar-refractivity contribution < 1.29 is 19.0 Å². The third-order valence-corrected chi connectivity index (χ3v) is 4.07. The molecule has 3 rings (SSSR count). The molecule has 0 saturated carbocycles. The monoisotopic (exact) mass is 382 g/mol. The Balaban J connectivity index is 1.77. The van der Waals surface area contributed by atoms with Crippen LogP contribution in [0.3, 0.4) is 0 Å². The fourth-order valence-electron chi connectivity index (χ4n) is 2.69. The molecule has 0 bridgehead atoms. The first-order valence-electron chi connectivity index (χ1n) is 9.18. The van der Waals surface area contributed by atoms with Gasteiger partial charge in [0, 0.05) is 11.8 Å². The number of carbonyl (C=O) groups is 1. The fraction of sp³-hybridized carbons (Fsp3) is 0.286. The third-order valence-electron chi connectivity index (χ3n) is 4.07. The highest BCUT2D eigenvalue weighted by molar-refractivity contribution is 5.80. The van der Waals surface area contributed by atoms with Gasteiger partial charge in [-0.1, -0.05) is 31.2 Å². The van der Waals surface area contributed by atoms with Crippen LogP contribution in [0.1, 0.15) is 20.3 Å². The number of rotatable bonds is 8. The number of para-hydroxylation sites is 1. The number of aromatic nitrogens is 2. The topological polar surface area (TPSA) is 79.7 Å². The molecule has 1 aromatic heterocycles. The van der Waals surface area contributed by atoms with Crippen molar-refractivity contribution in [2.45, 2.75) is 26.8 Å². The molecule has 0 amide bonds. The lowest BCUT2D eigenvalue weighted by molar-refractivity contribution is -0.134. The number of benzene rings is 2. The van der Waals surface area contributed by atoms with Crippen molar-refractivity contribution >= 4 is 16.7 Å². The van der Waals surface area contributed by atoms with E-state index in [1.165, 1.54) is 4.68 Å². The Morgan fingerprint density at radius 3 is 2.54 bits per heavy atom. The summed E-state index contributed by atoms with van der Waals surface area (Å²) in [5.41, 5.74) is -0.178. The van der Waals surface area contributed by atoms with E-state index in [-0.39, 0.29) is 36.9 Å². The van der Waals surface area contributed by atoms with Crippen LogP contribution in [0.5, 0.6) is 17.2 Å². The molecular formula is C21H22N2O5. The summed E-state index contributed by atoms with van der Waals surface area (Å²) in [6, 6.07) is 12.5. The zero-order valence-electron chi connectivity index (χ0n) is 15.9. The van der Waals surface area contributed by atoms with E-state index in [4.69, 9.17) is 14.2 Å². The second-order valence-electron chi connectivity index (χ2n) is 5.95. The Bertz CT molecular complexity index is 1030. The molecule has 146 valence electrons. The van der Waals surface area contributed by atoms with Crippen molar-refractivity contribution in [1.29, 1.82) is 0 Å². The average Bonchev–Trinajstić information content (AvgIpc) is 2.72. The molecule has 1 heterocycles. The van der Waals surface area contributed by atoms with E-state index in [2.05, 4.69) is 5.10 Å². The first-order chi connectivity index (χ1) is 13.6. The van der Waals surface area contributed by atoms with E-state index >= 15 is 0 Å². The molecule has 28 heavy (non-hydrogen) atoms. The molecule has 7 nitrogen and oxygen atoms in total. The highest BCUT2D eigenvalue weighted by Crippen LogP contribution is 2.37. The lowest BCUT2D eigenvalue weighted by atomic mass is 10.2. The molecule has 0 aliphatic rings. The van der Waals surface area contributed by atoms with E-state index in [1.54, 1.807) is 37.4 Å². The number of carbonyl (C=O) groups excluding carboxylic acids is 1. The highest BCUT2D eigenvalue weighted by atomic mass is 16.6. The molecule has 0 spiro atoms. The number of hydrogen-bond acceptors (Lipinski definition) is 6. The molecule has 0 aliphatic carbocycles. The summed E-state index contributed by atoms with van der Waals surface area (Å²) in [7, 11) is 0. The van der Waals surface area contributed by atoms with Gasteiger partial charge in [-0.25, -0.2) is 4.68 Å². The molecule has 0 N–H and O–H groups in total. The van der Waals surface area contributed by atoms with Crippen molar-refractivity contribution in [2.75, 3.05) is 13.2 Å². The summed E-state index contributed by atoms with van der Waals surface area (Å²) in [4.78, 5) is 24.3. The number of ether oxygens (including phenoxy) is 3. The van der Waals surface area contributed by atoms with Gasteiger partial charge in [0.15, 0.2) is 11.5 Å². The zero-order valence-corrected chi connectivity index (χ0v) is 15.9. The van der Waals surface area contributed by atoms with Crippen LogP contribution >= 0.6 is 0 Å². The molecule has 0 unspecified atom stereocenters. The maximum atomic E-state index is 12.5. The van der Waals surface area contributed by atoms with Crippen molar-refractivity contribution in [3.63, 3.8) is 0 Å². The van der Waals surface area contributed by atoms with E-state index < -0.39 is 0 Å². The first-order valence-corrected chi connectivity index (χ1v) is 9.18. The largest absolute Gasteiger partial charge is 0.490 e. The van der Waals surface area contributed by atoms with Crippen LogP contribution in [0.25, 0.3) is 10.8 Å². The van der Waals surface area contributed by atoms with Gasteiger partial charge in [-0.05, 0) is 25.1 Å². The summed E-state index contributed by atoms with van der Waals surface area (Å²) in [6.45, 7) is 4.42. The van der Waals surface area contributed by atoms with E-state index in [9.17, 15) is 9.59 Å². The van der Waals surface area contributed by atoms with Gasteiger partial charge in [-0.15, -0.1) is 0 Å². The molecular weight excluding hydrogens is 360 g/mol. The first kappa shape index (κ1) is 19.4. The number of hydrogen-bond donors (Lipinski definition) is 0. The van der Waals surface area contributed by atoms with Crippen LogP contribution in [-0.4, -0.2) is 29.0 Å². The molecule has 3 aromatic rings. The number of esters is 1. The van der Waals surface area contributed by atoms with Crippen molar-refractivity contribution in [2.24, 2.45) is 0 Å². The van der Waals surface area contributed by atoms with Gasteiger partial charge in [0.05, 0.1) is 24.7 Å². The van der Waals surface area contributed by atoms with Crippen molar-refractivity contribution in [3.8, 4) is 17.2 Å². The standard InChI is InChI=1S/C21H22N2O5/c1-3-19(24)28-20-17(26-4-2)10-7-11-18(20)27-13-12-23-21(25)16-9-6-5-8-15(16)14-22-23/h5-11,14H,3-4,12-13H2,1-2H3. The van der Waals surface area contributed by atoms with Crippen molar-refractivity contribution in [3.05, 3.63) is 59.0 Å². The van der Waals surface area contributed by atoms with Gasteiger partial charge in [-0.3, -0.25) is 9.59 Å². The second kappa shape index (κ2) is 9.03. The molecule has 0 fully saturated rings. The van der Waals surface area contributed by atoms with Crippen molar-refractivity contribution in [1.82, 2.24) is 9.78 Å². The van der Waals surface area contributed by atoms with E-state index in [1.807, 2.05) is 25.1 Å². The van der Waals surface area contributed by atoms with Crippen LogP contribution in [0.2, 0.25) is 0 Å². The smallest absolute Gasteiger partial charge is 0.311 e. The average molecular weight is 382 g/mol. The Morgan fingerprint density at radius 2 is 1.79 bits per heavy atom. The zero-order chi connectivity index (χ0) is 19.9. The normalized spacial score (nSPS) is 10.6. The minimum atomic E-state index is -0.385. The third kappa shape index (κ3) is 4.31. The SMILES string of the molecule is CCOc1cccc(OCCn2ncc3ccccc3c2=O)c1OC(=O)CC. The summed E-state index contributed by atoms with van der Waals surface area (Å²) in [5.74, 6) is 0.670. The molecule has 0 saturated heterocycles. The summed E-state index contributed by atoms with van der Waals surface area (Å²) in [6.07, 6.45) is 1.89. The van der Waals surface area contributed by atoms with Crippen LogP contribution in [0.4, 0.5) is 0 Å². The second-order valence-corrected chi connectivity index (χ2v) is 5.95. The summed E-state index contributed by atoms with van der Waals surface area (Å²) in [5, 5.41) is 5.58. The Morgan fingerprint density at radius 1 is 1.04 bits per heavy atom. The van der Waals surface area contributed by atoms with Gasteiger partial charge >= 0.3 is 5.97 Å². The van der Waals surface area contributed by atoms with Gasteiger partial charge < -0.3 is 14.2 Å². The molecule has 0 aliphatic heterocycles. The maximum Gasteiger partial charge on any atom is 0.311 e. The van der Waals surface area contributed by atoms with Gasteiger partial charge in [-0.2, -0.15) is 5.10 Å². The van der Waals surface area contributed by atoms with Gasteiger partial charge in [0.1, 0.15) is 6.61 Å². The van der Waals surface area contributed by atoms with Gasteiger partial charge in [0.2, 0.25) is 5.75 Å². The van der Waals surface area contributed by atoms with Crippen LogP contribution in [0.15, 0.2) is 53.5 Å². The molecule has 7 heteroatoms. The summed E-state index contributed by atoms with van der Waals surface area (Å²) < 4.78 is 18.1. The van der Waals surface area contributed by atoms with Gasteiger partial charge in [0.25, 0.3) is 5.56 Å². The Kier molecular flexibility index (Phi) is 6.26. The molecule has 0 atom stereocenters. The fourth-order valence-corrected chi connectivity index (χ4v) is 2.69. The van der Waals surface area contributed by atoms with E-state index in [0.29, 0.717) is 23.5 Å². The Hall–Kier alpha value is -3.35. The lowest BCUT2D eigenvalue weighted by Crippen LogP contribution is -2.25. The Labute approximate surface area is 162 Å². The summed E-state index contributed by atoms with van der Waals surface area (Å²) >= 11 is 0. The lowest BCUT2D eigenvalue weighted by Gasteiger charge is -2.15. The quantitative estimate of drug-likeness (QED) is 0.440. The minimum Gasteiger partial charge on any atom is -0.490 e. The molecule has 0 radical (unpaired) electrons. The number of fused-ring (bicyclic) bond motifs is 1. The maximum absolute atomic E-state index is 12.5. The minimum absolute atomic E-state index is 0.178. The highest BCUT2D eigenvalue weighted by Gasteiger charge is 2.16. The van der Waals surface area contributed by atoms with Crippen LogP contribution < -0.4 is 19.8 Å².